The van der Waals surface area contributed by atoms with Crippen LogP contribution in [0.2, 0.25) is 0 Å². The number of piperidine rings is 1. The van der Waals surface area contributed by atoms with Crippen LogP contribution in [0.5, 0.6) is 0 Å². The number of fused-ring (bicyclic) bond motifs is 1. The molecule has 2 aromatic rings. The molecule has 0 unspecified atom stereocenters. The first kappa shape index (κ1) is 14.7. The van der Waals surface area contributed by atoms with E-state index in [-0.39, 0.29) is 0 Å². The van der Waals surface area contributed by atoms with Gasteiger partial charge in [0, 0.05) is 4.88 Å². The molecule has 0 saturated carbocycles. The topological polar surface area (TPSA) is 81.1 Å². The Hall–Kier alpha value is -1.24. The number of anilines is 1. The first-order valence-electron chi connectivity index (χ1n) is 7.53. The molecule has 1 saturated heterocycles. The molecule has 1 aliphatic rings. The predicted octanol–water partition coefficient (Wildman–Crippen LogP) is 2.06. The molecule has 114 valence electrons. The van der Waals surface area contributed by atoms with E-state index in [0.29, 0.717) is 11.7 Å². The molecule has 0 bridgehead atoms. The van der Waals surface area contributed by atoms with Crippen LogP contribution < -0.4 is 11.5 Å². The van der Waals surface area contributed by atoms with Crippen molar-refractivity contribution < 1.29 is 0 Å². The minimum Gasteiger partial charge on any atom is -0.383 e. The van der Waals surface area contributed by atoms with Gasteiger partial charge in [-0.3, -0.25) is 4.90 Å². The standard InChI is InChI=1S/C15H23N5S/c1-9-10(2)21-15-13(9)14(17)18-12(19-15)8-20-5-3-11(7-16)4-6-20/h11H,3-8,16H2,1-2H3,(H2,17,18,19). The molecule has 0 amide bonds. The highest BCUT2D eigenvalue weighted by molar-refractivity contribution is 7.18. The van der Waals surface area contributed by atoms with Crippen molar-refractivity contribution in [2.45, 2.75) is 33.2 Å². The summed E-state index contributed by atoms with van der Waals surface area (Å²) in [6, 6.07) is 0. The van der Waals surface area contributed by atoms with Crippen molar-refractivity contribution >= 4 is 27.4 Å². The second-order valence-electron chi connectivity index (χ2n) is 5.94. The second kappa shape index (κ2) is 5.87. The molecule has 1 fully saturated rings. The van der Waals surface area contributed by atoms with E-state index in [1.54, 1.807) is 11.3 Å². The van der Waals surface area contributed by atoms with Gasteiger partial charge in [0.15, 0.2) is 0 Å². The molecule has 0 aromatic carbocycles. The number of nitrogen functional groups attached to an aromatic ring is 1. The Morgan fingerprint density at radius 3 is 2.62 bits per heavy atom. The van der Waals surface area contributed by atoms with Gasteiger partial charge < -0.3 is 11.5 Å². The van der Waals surface area contributed by atoms with Gasteiger partial charge in [-0.25, -0.2) is 9.97 Å². The van der Waals surface area contributed by atoms with Gasteiger partial charge in [0.05, 0.1) is 11.9 Å². The Morgan fingerprint density at radius 2 is 1.95 bits per heavy atom. The van der Waals surface area contributed by atoms with Gasteiger partial charge in [0.25, 0.3) is 0 Å². The van der Waals surface area contributed by atoms with Crippen LogP contribution in [-0.2, 0) is 6.54 Å². The van der Waals surface area contributed by atoms with Crippen molar-refractivity contribution in [1.29, 1.82) is 0 Å². The molecule has 6 heteroatoms. The summed E-state index contributed by atoms with van der Waals surface area (Å²) in [7, 11) is 0. The van der Waals surface area contributed by atoms with Gasteiger partial charge in [-0.1, -0.05) is 0 Å². The van der Waals surface area contributed by atoms with Gasteiger partial charge >= 0.3 is 0 Å². The van der Waals surface area contributed by atoms with E-state index < -0.39 is 0 Å². The third kappa shape index (κ3) is 2.88. The molecule has 21 heavy (non-hydrogen) atoms. The smallest absolute Gasteiger partial charge is 0.146 e. The third-order valence-corrected chi connectivity index (χ3v) is 5.61. The number of likely N-dealkylation sites (tertiary alicyclic amines) is 1. The highest BCUT2D eigenvalue weighted by Gasteiger charge is 2.20. The second-order valence-corrected chi connectivity index (χ2v) is 7.15. The van der Waals surface area contributed by atoms with Gasteiger partial charge in [0.1, 0.15) is 16.5 Å². The normalized spacial score (nSPS) is 17.7. The van der Waals surface area contributed by atoms with Crippen molar-refractivity contribution in [2.24, 2.45) is 11.7 Å². The van der Waals surface area contributed by atoms with E-state index in [2.05, 4.69) is 23.7 Å². The Labute approximate surface area is 129 Å². The quantitative estimate of drug-likeness (QED) is 0.907. The van der Waals surface area contributed by atoms with E-state index in [9.17, 15) is 0 Å². The summed E-state index contributed by atoms with van der Waals surface area (Å²) >= 11 is 1.71. The molecule has 2 aromatic heterocycles. The summed E-state index contributed by atoms with van der Waals surface area (Å²) < 4.78 is 0. The molecule has 1 aliphatic heterocycles. The molecule has 3 rings (SSSR count). The lowest BCUT2D eigenvalue weighted by Gasteiger charge is -2.30. The fraction of sp³-hybridized carbons (Fsp3) is 0.600. The fourth-order valence-corrected chi connectivity index (χ4v) is 4.03. The van der Waals surface area contributed by atoms with E-state index in [1.165, 1.54) is 23.3 Å². The number of nitrogens with two attached hydrogens (primary N) is 2. The summed E-state index contributed by atoms with van der Waals surface area (Å²) in [6.45, 7) is 7.94. The Bertz CT molecular complexity index is 643. The van der Waals surface area contributed by atoms with Gasteiger partial charge in [-0.15, -0.1) is 11.3 Å². The van der Waals surface area contributed by atoms with Crippen molar-refractivity contribution in [1.82, 2.24) is 14.9 Å². The number of hydrogen-bond donors (Lipinski definition) is 2. The number of nitrogens with zero attached hydrogens (tertiary/aromatic N) is 3. The Kier molecular flexibility index (Phi) is 4.10. The molecular formula is C15H23N5S. The summed E-state index contributed by atoms with van der Waals surface area (Å²) in [5.74, 6) is 2.14. The monoisotopic (exact) mass is 305 g/mol. The zero-order valence-electron chi connectivity index (χ0n) is 12.7. The van der Waals surface area contributed by atoms with Gasteiger partial charge in [-0.2, -0.15) is 0 Å². The minimum absolute atomic E-state index is 0.619. The van der Waals surface area contributed by atoms with Crippen molar-refractivity contribution in [3.8, 4) is 0 Å². The van der Waals surface area contributed by atoms with Gasteiger partial charge in [-0.05, 0) is 57.8 Å². The maximum atomic E-state index is 6.14. The van der Waals surface area contributed by atoms with Crippen LogP contribution in [0.15, 0.2) is 0 Å². The average molecular weight is 305 g/mol. The molecule has 5 nitrogen and oxygen atoms in total. The predicted molar refractivity (Wildman–Crippen MR) is 88.4 cm³/mol. The number of aromatic nitrogens is 2. The third-order valence-electron chi connectivity index (χ3n) is 4.51. The summed E-state index contributed by atoms with van der Waals surface area (Å²) in [6.07, 6.45) is 2.34. The summed E-state index contributed by atoms with van der Waals surface area (Å²) in [5, 5.41) is 1.03. The van der Waals surface area contributed by atoms with Crippen molar-refractivity contribution in [3.05, 3.63) is 16.3 Å². The van der Waals surface area contributed by atoms with E-state index in [1.807, 2.05) is 0 Å². The number of rotatable bonds is 3. The Morgan fingerprint density at radius 1 is 1.24 bits per heavy atom. The minimum atomic E-state index is 0.619. The van der Waals surface area contributed by atoms with Crippen LogP contribution in [0.4, 0.5) is 5.82 Å². The highest BCUT2D eigenvalue weighted by atomic mass is 32.1. The van der Waals surface area contributed by atoms with E-state index in [0.717, 1.165) is 42.2 Å². The molecule has 0 aliphatic carbocycles. The fourth-order valence-electron chi connectivity index (χ4n) is 2.98. The molecular weight excluding hydrogens is 282 g/mol. The lowest BCUT2D eigenvalue weighted by molar-refractivity contribution is 0.177. The van der Waals surface area contributed by atoms with Crippen molar-refractivity contribution in [3.63, 3.8) is 0 Å². The Balaban J connectivity index is 1.79. The lowest BCUT2D eigenvalue weighted by Crippen LogP contribution is -2.36. The number of thiophene rings is 1. The number of hydrogen-bond acceptors (Lipinski definition) is 6. The van der Waals surface area contributed by atoms with Crippen LogP contribution in [0.3, 0.4) is 0 Å². The highest BCUT2D eigenvalue weighted by Crippen LogP contribution is 2.32. The first-order chi connectivity index (χ1) is 10.1. The van der Waals surface area contributed by atoms with Crippen molar-refractivity contribution in [2.75, 3.05) is 25.4 Å². The average Bonchev–Trinajstić information content (AvgIpc) is 2.75. The van der Waals surface area contributed by atoms with E-state index in [4.69, 9.17) is 16.5 Å². The molecule has 0 radical (unpaired) electrons. The first-order valence-corrected chi connectivity index (χ1v) is 8.34. The largest absolute Gasteiger partial charge is 0.383 e. The summed E-state index contributed by atoms with van der Waals surface area (Å²) in [4.78, 5) is 13.9. The zero-order chi connectivity index (χ0) is 15.0. The SMILES string of the molecule is Cc1sc2nc(CN3CCC(CN)CC3)nc(N)c2c1C. The maximum Gasteiger partial charge on any atom is 0.146 e. The number of aryl methyl sites for hydroxylation is 2. The van der Waals surface area contributed by atoms with Crippen LogP contribution in [0.25, 0.3) is 10.2 Å². The maximum absolute atomic E-state index is 6.14. The molecule has 0 atom stereocenters. The van der Waals surface area contributed by atoms with Crippen LogP contribution in [0.1, 0.15) is 29.1 Å². The zero-order valence-corrected chi connectivity index (χ0v) is 13.5. The molecule has 0 spiro atoms. The van der Waals surface area contributed by atoms with Gasteiger partial charge in [0.2, 0.25) is 0 Å². The molecule has 3 heterocycles. The van der Waals surface area contributed by atoms with Crippen LogP contribution in [-0.4, -0.2) is 34.5 Å². The molecule has 4 N–H and O–H groups in total. The van der Waals surface area contributed by atoms with Crippen LogP contribution >= 0.6 is 11.3 Å². The van der Waals surface area contributed by atoms with Crippen LogP contribution in [0, 0.1) is 19.8 Å². The summed E-state index contributed by atoms with van der Waals surface area (Å²) in [5.41, 5.74) is 13.1. The van der Waals surface area contributed by atoms with E-state index >= 15 is 0 Å². The lowest BCUT2D eigenvalue weighted by atomic mass is 9.97.